The molecule has 10 heteroatoms. The standard InChI is InChI=1S/C36H51N3O3Si.3ClH/c1-28-16-17-29(24-33(28)36(2,3)4)35(42-43(31-12-8-6-9-13-31)32-14-10-7-11-15-32)34-26-38(19-18-37-34)20-21-39-22-23-41-30(25-39)27-40-5;;;/h6-17,24,30,34-35,37,43H,18-23,25-27H2,1-5H3;3*1H/t30-,34+,35?;;;/m0.../s1. The Labute approximate surface area is 297 Å². The summed E-state index contributed by atoms with van der Waals surface area (Å²) in [5, 5.41) is 6.52. The second kappa shape index (κ2) is 19.5. The molecule has 1 unspecified atom stereocenters. The zero-order chi connectivity index (χ0) is 30.2. The first-order valence-corrected chi connectivity index (χ1v) is 17.6. The monoisotopic (exact) mass is 709 g/mol. The molecule has 256 valence electrons. The van der Waals surface area contributed by atoms with Gasteiger partial charge in [-0.3, -0.25) is 9.80 Å². The van der Waals surface area contributed by atoms with Crippen molar-refractivity contribution in [2.24, 2.45) is 0 Å². The van der Waals surface area contributed by atoms with Gasteiger partial charge >= 0.3 is 0 Å². The highest BCUT2D eigenvalue weighted by Gasteiger charge is 2.33. The van der Waals surface area contributed by atoms with Crippen molar-refractivity contribution in [1.29, 1.82) is 0 Å². The highest BCUT2D eigenvalue weighted by Crippen LogP contribution is 2.32. The van der Waals surface area contributed by atoms with Crippen LogP contribution in [0.2, 0.25) is 0 Å². The summed E-state index contributed by atoms with van der Waals surface area (Å²) in [6, 6.07) is 29.0. The number of nitrogens with one attached hydrogen (secondary N) is 1. The lowest BCUT2D eigenvalue weighted by Gasteiger charge is -2.41. The van der Waals surface area contributed by atoms with Crippen LogP contribution in [0, 0.1) is 6.92 Å². The molecule has 0 aliphatic carbocycles. The number of hydrogen-bond acceptors (Lipinski definition) is 6. The highest BCUT2D eigenvalue weighted by atomic mass is 35.5. The van der Waals surface area contributed by atoms with E-state index in [-0.39, 0.29) is 60.9 Å². The maximum atomic E-state index is 7.45. The molecule has 0 amide bonds. The van der Waals surface area contributed by atoms with E-state index >= 15 is 0 Å². The maximum absolute atomic E-state index is 7.45. The third kappa shape index (κ3) is 11.0. The second-order valence-corrected chi connectivity index (χ2v) is 15.6. The van der Waals surface area contributed by atoms with E-state index in [1.165, 1.54) is 27.1 Å². The van der Waals surface area contributed by atoms with Crippen molar-refractivity contribution < 1.29 is 13.9 Å². The minimum atomic E-state index is -1.99. The summed E-state index contributed by atoms with van der Waals surface area (Å²) < 4.78 is 18.7. The number of hydrogen-bond donors (Lipinski definition) is 1. The smallest absolute Gasteiger partial charge is 0.240 e. The van der Waals surface area contributed by atoms with Crippen LogP contribution in [-0.2, 0) is 19.3 Å². The number of aryl methyl sites for hydroxylation is 1. The van der Waals surface area contributed by atoms with Crippen LogP contribution < -0.4 is 15.7 Å². The van der Waals surface area contributed by atoms with E-state index in [0.717, 1.165) is 52.4 Å². The molecule has 46 heavy (non-hydrogen) atoms. The van der Waals surface area contributed by atoms with E-state index in [1.54, 1.807) is 7.11 Å². The Morgan fingerprint density at radius 3 is 2.07 bits per heavy atom. The fourth-order valence-corrected chi connectivity index (χ4v) is 9.07. The summed E-state index contributed by atoms with van der Waals surface area (Å²) in [5.74, 6) is 0. The highest BCUT2D eigenvalue weighted by molar-refractivity contribution is 6.80. The quantitative estimate of drug-likeness (QED) is 0.290. The van der Waals surface area contributed by atoms with Gasteiger partial charge in [-0.2, -0.15) is 0 Å². The molecule has 3 aromatic carbocycles. The fourth-order valence-electron chi connectivity index (χ4n) is 6.58. The van der Waals surface area contributed by atoms with E-state index in [0.29, 0.717) is 6.61 Å². The number of methoxy groups -OCH3 is 1. The van der Waals surface area contributed by atoms with Gasteiger partial charge in [0.25, 0.3) is 0 Å². The van der Waals surface area contributed by atoms with Crippen LogP contribution in [0.25, 0.3) is 0 Å². The molecule has 5 rings (SSSR count). The van der Waals surface area contributed by atoms with Crippen molar-refractivity contribution >= 4 is 56.6 Å². The number of piperazine rings is 1. The lowest BCUT2D eigenvalue weighted by atomic mass is 9.82. The number of rotatable bonds is 11. The molecule has 6 nitrogen and oxygen atoms in total. The van der Waals surface area contributed by atoms with Gasteiger partial charge in [-0.1, -0.05) is 99.6 Å². The van der Waals surface area contributed by atoms with Gasteiger partial charge in [0.15, 0.2) is 0 Å². The average molecular weight is 711 g/mol. The molecule has 2 aliphatic rings. The Kier molecular flexibility index (Phi) is 17.2. The first kappa shape index (κ1) is 40.7. The Morgan fingerprint density at radius 2 is 1.48 bits per heavy atom. The number of morpholine rings is 1. The average Bonchev–Trinajstić information content (AvgIpc) is 3.02. The van der Waals surface area contributed by atoms with Crippen molar-refractivity contribution in [3.63, 3.8) is 0 Å². The Hall–Kier alpha value is -1.49. The molecule has 2 heterocycles. The van der Waals surface area contributed by atoms with E-state index in [9.17, 15) is 0 Å². The predicted octanol–water partition coefficient (Wildman–Crippen LogP) is 4.77. The number of ether oxygens (including phenoxy) is 2. The van der Waals surface area contributed by atoms with Crippen LogP contribution in [0.4, 0.5) is 0 Å². The van der Waals surface area contributed by atoms with Gasteiger partial charge in [-0.15, -0.1) is 37.2 Å². The summed E-state index contributed by atoms with van der Waals surface area (Å²) in [6.45, 7) is 17.6. The second-order valence-electron chi connectivity index (χ2n) is 13.2. The zero-order valence-electron chi connectivity index (χ0n) is 28.0. The van der Waals surface area contributed by atoms with Crippen molar-refractivity contribution in [1.82, 2.24) is 15.1 Å². The molecular weight excluding hydrogens is 657 g/mol. The minimum absolute atomic E-state index is 0. The largest absolute Gasteiger partial charge is 0.402 e. The molecule has 3 aromatic rings. The van der Waals surface area contributed by atoms with Crippen LogP contribution in [-0.4, -0.2) is 97.1 Å². The number of nitrogens with zero attached hydrogens (tertiary/aromatic N) is 2. The van der Waals surface area contributed by atoms with Gasteiger partial charge in [-0.25, -0.2) is 0 Å². The Morgan fingerprint density at radius 1 is 0.870 bits per heavy atom. The molecule has 1 N–H and O–H groups in total. The van der Waals surface area contributed by atoms with E-state index in [4.69, 9.17) is 13.9 Å². The van der Waals surface area contributed by atoms with Crippen molar-refractivity contribution in [3.05, 3.63) is 95.6 Å². The van der Waals surface area contributed by atoms with Crippen LogP contribution in [0.5, 0.6) is 0 Å². The first-order chi connectivity index (χ1) is 20.8. The van der Waals surface area contributed by atoms with Gasteiger partial charge in [0.2, 0.25) is 9.04 Å². The first-order valence-electron chi connectivity index (χ1n) is 16.0. The van der Waals surface area contributed by atoms with Gasteiger partial charge < -0.3 is 19.2 Å². The molecule has 2 fully saturated rings. The summed E-state index contributed by atoms with van der Waals surface area (Å²) in [4.78, 5) is 5.15. The van der Waals surface area contributed by atoms with Crippen LogP contribution in [0.15, 0.2) is 78.9 Å². The summed E-state index contributed by atoms with van der Waals surface area (Å²) in [5.41, 5.74) is 4.06. The third-order valence-corrected chi connectivity index (χ3v) is 11.4. The fraction of sp³-hybridized carbons (Fsp3) is 0.500. The normalized spacial score (nSPS) is 19.9. The maximum Gasteiger partial charge on any atom is 0.240 e. The van der Waals surface area contributed by atoms with Crippen molar-refractivity contribution in [2.75, 3.05) is 66.1 Å². The van der Waals surface area contributed by atoms with E-state index < -0.39 is 9.04 Å². The minimum Gasteiger partial charge on any atom is -0.402 e. The molecule has 0 bridgehead atoms. The van der Waals surface area contributed by atoms with E-state index in [1.807, 2.05) is 0 Å². The van der Waals surface area contributed by atoms with Crippen LogP contribution in [0.1, 0.15) is 43.6 Å². The molecule has 0 aromatic heterocycles. The predicted molar refractivity (Wildman–Crippen MR) is 201 cm³/mol. The number of benzene rings is 3. The summed E-state index contributed by atoms with van der Waals surface area (Å²) in [6.07, 6.45) is 0.111. The molecule has 0 radical (unpaired) electrons. The molecule has 2 aliphatic heterocycles. The molecule has 2 saturated heterocycles. The Balaban J connectivity index is 0.00000245. The van der Waals surface area contributed by atoms with Gasteiger partial charge in [0.1, 0.15) is 0 Å². The molecular formula is C36H54Cl3N3O3Si. The summed E-state index contributed by atoms with van der Waals surface area (Å²) in [7, 11) is -0.232. The van der Waals surface area contributed by atoms with Gasteiger partial charge in [0.05, 0.1) is 25.4 Å². The van der Waals surface area contributed by atoms with Gasteiger partial charge in [0, 0.05) is 59.0 Å². The van der Waals surface area contributed by atoms with Crippen LogP contribution >= 0.6 is 37.2 Å². The Bertz CT molecular complexity index is 1240. The number of halogens is 3. The van der Waals surface area contributed by atoms with Crippen LogP contribution in [0.3, 0.4) is 0 Å². The van der Waals surface area contributed by atoms with Crippen molar-refractivity contribution in [2.45, 2.75) is 51.4 Å². The van der Waals surface area contributed by atoms with E-state index in [2.05, 4.69) is 122 Å². The van der Waals surface area contributed by atoms with Crippen molar-refractivity contribution in [3.8, 4) is 0 Å². The van der Waals surface area contributed by atoms with Gasteiger partial charge in [-0.05, 0) is 39.4 Å². The summed E-state index contributed by atoms with van der Waals surface area (Å²) >= 11 is 0. The SMILES string of the molecule is COC[C@@H]1CN(CCN2CCN[C@@H](C(O[SiH](c3ccccc3)c3ccccc3)c3ccc(C)c(C(C)(C)C)c3)C2)CCO1.Cl.Cl.Cl. The molecule has 3 atom stereocenters. The topological polar surface area (TPSA) is 46.2 Å². The molecule has 0 spiro atoms. The zero-order valence-corrected chi connectivity index (χ0v) is 31.6. The third-order valence-electron chi connectivity index (χ3n) is 8.85. The lowest BCUT2D eigenvalue weighted by Crippen LogP contribution is -2.57. The lowest BCUT2D eigenvalue weighted by molar-refractivity contribution is -0.0627. The molecule has 0 saturated carbocycles.